The van der Waals surface area contributed by atoms with Crippen LogP contribution in [0, 0.1) is 5.92 Å². The second-order valence-corrected chi connectivity index (χ2v) is 5.63. The van der Waals surface area contributed by atoms with Gasteiger partial charge < -0.3 is 20.6 Å². The fourth-order valence-electron chi connectivity index (χ4n) is 2.49. The van der Waals surface area contributed by atoms with E-state index >= 15 is 0 Å². The van der Waals surface area contributed by atoms with E-state index in [1.807, 2.05) is 0 Å². The van der Waals surface area contributed by atoms with Crippen LogP contribution in [-0.2, 0) is 9.59 Å². The number of carbonyl (C=O) groups is 3. The van der Waals surface area contributed by atoms with Crippen molar-refractivity contribution >= 4 is 17.9 Å². The third-order valence-corrected chi connectivity index (χ3v) is 3.81. The number of aliphatic carboxylic acids is 1. The standard InChI is InChI=1S/C13H21N3O4/c1-16(7-11(17)14-8-5-6-8)13(20)15-10-4-2-3-9(10)12(18)19/h8-10H,2-7H2,1H3,(H,14,17)(H,15,20)(H,18,19). The van der Waals surface area contributed by atoms with Crippen molar-refractivity contribution in [3.05, 3.63) is 0 Å². The summed E-state index contributed by atoms with van der Waals surface area (Å²) in [6, 6.07) is -0.465. The van der Waals surface area contributed by atoms with Gasteiger partial charge in [0.05, 0.1) is 5.92 Å². The Bertz CT molecular complexity index is 408. The Morgan fingerprint density at radius 2 is 1.85 bits per heavy atom. The van der Waals surface area contributed by atoms with Crippen LogP contribution >= 0.6 is 0 Å². The molecule has 0 aromatic heterocycles. The molecule has 0 bridgehead atoms. The SMILES string of the molecule is CN(CC(=O)NC1CC1)C(=O)NC1CCCC1C(=O)O. The summed E-state index contributed by atoms with van der Waals surface area (Å²) >= 11 is 0. The van der Waals surface area contributed by atoms with Crippen LogP contribution in [0.1, 0.15) is 32.1 Å². The summed E-state index contributed by atoms with van der Waals surface area (Å²) in [6.45, 7) is -0.00715. The molecule has 2 unspecified atom stereocenters. The number of carbonyl (C=O) groups excluding carboxylic acids is 2. The zero-order valence-electron chi connectivity index (χ0n) is 11.6. The Balaban J connectivity index is 1.77. The van der Waals surface area contributed by atoms with Gasteiger partial charge in [-0.1, -0.05) is 6.42 Å². The minimum absolute atomic E-state index is 0.00715. The van der Waals surface area contributed by atoms with E-state index in [-0.39, 0.29) is 24.5 Å². The maximum Gasteiger partial charge on any atom is 0.317 e. The van der Waals surface area contributed by atoms with Crippen molar-refractivity contribution in [1.82, 2.24) is 15.5 Å². The average Bonchev–Trinajstić information content (AvgIpc) is 3.04. The number of carboxylic acids is 1. The van der Waals surface area contributed by atoms with Crippen LogP contribution in [0.2, 0.25) is 0 Å². The lowest BCUT2D eigenvalue weighted by molar-refractivity contribution is -0.142. The monoisotopic (exact) mass is 283 g/mol. The van der Waals surface area contributed by atoms with Crippen molar-refractivity contribution in [2.45, 2.75) is 44.2 Å². The van der Waals surface area contributed by atoms with Gasteiger partial charge in [-0.2, -0.15) is 0 Å². The first-order chi connectivity index (χ1) is 9.47. The number of urea groups is 1. The van der Waals surface area contributed by atoms with Crippen molar-refractivity contribution in [2.75, 3.05) is 13.6 Å². The molecule has 2 atom stereocenters. The van der Waals surface area contributed by atoms with Crippen LogP contribution in [0.3, 0.4) is 0 Å². The third-order valence-electron chi connectivity index (χ3n) is 3.81. The first-order valence-corrected chi connectivity index (χ1v) is 7.01. The first kappa shape index (κ1) is 14.6. The third kappa shape index (κ3) is 3.85. The molecule has 2 fully saturated rings. The topological polar surface area (TPSA) is 98.7 Å². The highest BCUT2D eigenvalue weighted by Crippen LogP contribution is 2.25. The number of nitrogens with one attached hydrogen (secondary N) is 2. The number of hydrogen-bond donors (Lipinski definition) is 3. The van der Waals surface area contributed by atoms with E-state index in [0.717, 1.165) is 19.3 Å². The number of hydrogen-bond acceptors (Lipinski definition) is 3. The summed E-state index contributed by atoms with van der Waals surface area (Å²) < 4.78 is 0. The lowest BCUT2D eigenvalue weighted by Crippen LogP contribution is -2.48. The predicted molar refractivity (Wildman–Crippen MR) is 71.1 cm³/mol. The molecule has 2 saturated carbocycles. The fraction of sp³-hybridized carbons (Fsp3) is 0.769. The van der Waals surface area contributed by atoms with Crippen LogP contribution in [-0.4, -0.2) is 53.6 Å². The Hall–Kier alpha value is -1.79. The molecule has 0 heterocycles. The quantitative estimate of drug-likeness (QED) is 0.669. The van der Waals surface area contributed by atoms with Gasteiger partial charge in [-0.25, -0.2) is 4.79 Å². The van der Waals surface area contributed by atoms with E-state index < -0.39 is 17.9 Å². The Kier molecular flexibility index (Phi) is 4.46. The normalized spacial score (nSPS) is 25.1. The molecular weight excluding hydrogens is 262 g/mol. The Morgan fingerprint density at radius 1 is 1.15 bits per heavy atom. The number of amides is 3. The van der Waals surface area contributed by atoms with Gasteiger partial charge in [-0.05, 0) is 25.7 Å². The van der Waals surface area contributed by atoms with Crippen LogP contribution in [0.5, 0.6) is 0 Å². The van der Waals surface area contributed by atoms with Crippen molar-refractivity contribution in [2.24, 2.45) is 5.92 Å². The van der Waals surface area contributed by atoms with Gasteiger partial charge in [0.2, 0.25) is 5.91 Å². The lowest BCUT2D eigenvalue weighted by Gasteiger charge is -2.22. The van der Waals surface area contributed by atoms with Gasteiger partial charge >= 0.3 is 12.0 Å². The predicted octanol–water partition coefficient (Wildman–Crippen LogP) is 0.160. The Labute approximate surface area is 117 Å². The lowest BCUT2D eigenvalue weighted by atomic mass is 10.0. The van der Waals surface area contributed by atoms with Crippen LogP contribution in [0.25, 0.3) is 0 Å². The van der Waals surface area contributed by atoms with Gasteiger partial charge in [0.1, 0.15) is 6.54 Å². The molecule has 2 aliphatic carbocycles. The molecule has 7 heteroatoms. The average molecular weight is 283 g/mol. The second-order valence-electron chi connectivity index (χ2n) is 5.63. The molecule has 0 aromatic rings. The number of likely N-dealkylation sites (N-methyl/N-ethyl adjacent to an activating group) is 1. The number of carboxylic acid groups (broad SMARTS) is 1. The molecule has 2 rings (SSSR count). The molecule has 0 radical (unpaired) electrons. The molecule has 0 spiro atoms. The maximum atomic E-state index is 11.9. The van der Waals surface area contributed by atoms with Crippen molar-refractivity contribution < 1.29 is 19.5 Å². The summed E-state index contributed by atoms with van der Waals surface area (Å²) in [5.74, 6) is -1.57. The van der Waals surface area contributed by atoms with Crippen molar-refractivity contribution in [1.29, 1.82) is 0 Å². The molecular formula is C13H21N3O4. The molecule has 0 aliphatic heterocycles. The highest BCUT2D eigenvalue weighted by molar-refractivity contribution is 5.84. The van der Waals surface area contributed by atoms with Crippen LogP contribution in [0.15, 0.2) is 0 Å². The minimum Gasteiger partial charge on any atom is -0.481 e. The van der Waals surface area contributed by atoms with E-state index in [2.05, 4.69) is 10.6 Å². The molecule has 20 heavy (non-hydrogen) atoms. The van der Waals surface area contributed by atoms with Gasteiger partial charge in [0.25, 0.3) is 0 Å². The summed E-state index contributed by atoms with van der Waals surface area (Å²) in [7, 11) is 1.53. The molecule has 112 valence electrons. The number of rotatable bonds is 5. The molecule has 7 nitrogen and oxygen atoms in total. The molecule has 0 saturated heterocycles. The zero-order valence-corrected chi connectivity index (χ0v) is 11.6. The second kappa shape index (κ2) is 6.11. The summed E-state index contributed by atoms with van der Waals surface area (Å²) in [4.78, 5) is 35.9. The first-order valence-electron chi connectivity index (χ1n) is 7.01. The largest absolute Gasteiger partial charge is 0.481 e. The van der Waals surface area contributed by atoms with E-state index in [0.29, 0.717) is 12.8 Å². The van der Waals surface area contributed by atoms with E-state index in [4.69, 9.17) is 5.11 Å². The molecule has 0 aromatic carbocycles. The molecule has 3 N–H and O–H groups in total. The van der Waals surface area contributed by atoms with Crippen LogP contribution in [0.4, 0.5) is 4.79 Å². The smallest absolute Gasteiger partial charge is 0.317 e. The summed E-state index contributed by atoms with van der Waals surface area (Å²) in [5.41, 5.74) is 0. The highest BCUT2D eigenvalue weighted by atomic mass is 16.4. The van der Waals surface area contributed by atoms with Gasteiger partial charge in [0.15, 0.2) is 0 Å². The summed E-state index contributed by atoms with van der Waals surface area (Å²) in [6.07, 6.45) is 4.07. The molecule has 2 aliphatic rings. The molecule has 3 amide bonds. The van der Waals surface area contributed by atoms with Gasteiger partial charge in [0, 0.05) is 19.1 Å². The van der Waals surface area contributed by atoms with E-state index in [9.17, 15) is 14.4 Å². The van der Waals surface area contributed by atoms with E-state index in [1.54, 1.807) is 0 Å². The Morgan fingerprint density at radius 3 is 2.45 bits per heavy atom. The van der Waals surface area contributed by atoms with E-state index in [1.165, 1.54) is 11.9 Å². The highest BCUT2D eigenvalue weighted by Gasteiger charge is 2.34. The minimum atomic E-state index is -0.873. The maximum absolute atomic E-state index is 11.9. The van der Waals surface area contributed by atoms with Crippen molar-refractivity contribution in [3.8, 4) is 0 Å². The van der Waals surface area contributed by atoms with Crippen molar-refractivity contribution in [3.63, 3.8) is 0 Å². The van der Waals surface area contributed by atoms with Crippen LogP contribution < -0.4 is 10.6 Å². The summed E-state index contributed by atoms with van der Waals surface area (Å²) in [5, 5.41) is 14.6. The fourth-order valence-corrected chi connectivity index (χ4v) is 2.49. The zero-order chi connectivity index (χ0) is 14.7. The van der Waals surface area contributed by atoms with Gasteiger partial charge in [-0.3, -0.25) is 9.59 Å². The number of nitrogens with zero attached hydrogens (tertiary/aromatic N) is 1. The van der Waals surface area contributed by atoms with Gasteiger partial charge in [-0.15, -0.1) is 0 Å².